The third-order valence-corrected chi connectivity index (χ3v) is 5.56. The topological polar surface area (TPSA) is 84.9 Å². The summed E-state index contributed by atoms with van der Waals surface area (Å²) in [6, 6.07) is 7.34. The molecule has 0 unspecified atom stereocenters. The van der Waals surface area contributed by atoms with Crippen molar-refractivity contribution in [3.05, 3.63) is 56.5 Å². The van der Waals surface area contributed by atoms with Crippen LogP contribution < -0.4 is 19.7 Å². The van der Waals surface area contributed by atoms with E-state index in [1.165, 1.54) is 13.2 Å². The lowest BCUT2D eigenvalue weighted by atomic mass is 10.1. The highest BCUT2D eigenvalue weighted by molar-refractivity contribution is 9.10. The second kappa shape index (κ2) is 8.89. The van der Waals surface area contributed by atoms with Gasteiger partial charge in [0, 0.05) is 9.50 Å². The molecule has 1 aliphatic rings. The van der Waals surface area contributed by atoms with Crippen LogP contribution in [-0.4, -0.2) is 31.6 Å². The van der Waals surface area contributed by atoms with Crippen LogP contribution in [0, 0.1) is 6.92 Å². The van der Waals surface area contributed by atoms with Gasteiger partial charge in [0.2, 0.25) is 0 Å². The van der Waals surface area contributed by atoms with Crippen LogP contribution in [0.4, 0.5) is 10.5 Å². The molecule has 1 saturated heterocycles. The number of hydrogen-bond donors (Lipinski definition) is 1. The third-order valence-electron chi connectivity index (χ3n) is 4.46. The van der Waals surface area contributed by atoms with Gasteiger partial charge in [0.1, 0.15) is 5.57 Å². The van der Waals surface area contributed by atoms with E-state index in [1.807, 2.05) is 6.92 Å². The first-order chi connectivity index (χ1) is 14.3. The van der Waals surface area contributed by atoms with E-state index in [0.717, 1.165) is 4.90 Å². The molecule has 1 aliphatic heterocycles. The van der Waals surface area contributed by atoms with Gasteiger partial charge in [-0.25, -0.2) is 9.69 Å². The Morgan fingerprint density at radius 1 is 1.20 bits per heavy atom. The van der Waals surface area contributed by atoms with Crippen LogP contribution in [0.1, 0.15) is 18.1 Å². The average Bonchev–Trinajstić information content (AvgIpc) is 2.69. The van der Waals surface area contributed by atoms with E-state index < -0.39 is 17.8 Å². The minimum atomic E-state index is -0.837. The Labute approximate surface area is 186 Å². The van der Waals surface area contributed by atoms with Crippen LogP contribution >= 0.6 is 27.5 Å². The van der Waals surface area contributed by atoms with Crippen LogP contribution in [-0.2, 0) is 9.59 Å². The molecule has 0 bridgehead atoms. The van der Waals surface area contributed by atoms with Crippen molar-refractivity contribution in [1.29, 1.82) is 0 Å². The van der Waals surface area contributed by atoms with Gasteiger partial charge in [-0.2, -0.15) is 0 Å². The van der Waals surface area contributed by atoms with Crippen molar-refractivity contribution < 1.29 is 23.9 Å². The quantitative estimate of drug-likeness (QED) is 0.490. The summed E-state index contributed by atoms with van der Waals surface area (Å²) in [6.45, 7) is 3.98. The molecule has 30 heavy (non-hydrogen) atoms. The summed E-state index contributed by atoms with van der Waals surface area (Å²) in [4.78, 5) is 38.9. The predicted molar refractivity (Wildman–Crippen MR) is 117 cm³/mol. The van der Waals surface area contributed by atoms with Gasteiger partial charge in [-0.05, 0) is 55.3 Å². The fraction of sp³-hybridized carbons (Fsp3) is 0.190. The second-order valence-corrected chi connectivity index (χ2v) is 7.56. The van der Waals surface area contributed by atoms with E-state index in [0.29, 0.717) is 44.4 Å². The van der Waals surface area contributed by atoms with Gasteiger partial charge in [-0.3, -0.25) is 14.9 Å². The summed E-state index contributed by atoms with van der Waals surface area (Å²) in [6.07, 6.45) is 1.39. The second-order valence-electron chi connectivity index (χ2n) is 6.30. The number of anilines is 1. The van der Waals surface area contributed by atoms with Crippen LogP contribution in [0.25, 0.3) is 6.08 Å². The summed E-state index contributed by atoms with van der Waals surface area (Å²) in [5.74, 6) is -0.594. The zero-order valence-corrected chi connectivity index (χ0v) is 18.8. The Kier molecular flexibility index (Phi) is 6.48. The van der Waals surface area contributed by atoms with Crippen molar-refractivity contribution in [2.45, 2.75) is 13.8 Å². The Morgan fingerprint density at radius 2 is 1.93 bits per heavy atom. The van der Waals surface area contributed by atoms with Gasteiger partial charge < -0.3 is 9.47 Å². The number of rotatable bonds is 5. The molecule has 4 amide bonds. The van der Waals surface area contributed by atoms with Crippen molar-refractivity contribution in [3.63, 3.8) is 0 Å². The minimum absolute atomic E-state index is 0.208. The van der Waals surface area contributed by atoms with Crippen molar-refractivity contribution in [1.82, 2.24) is 5.32 Å². The molecular formula is C21H18BrClN2O5. The van der Waals surface area contributed by atoms with E-state index in [-0.39, 0.29) is 5.57 Å². The number of carbonyl (C=O) groups is 3. The molecule has 7 nitrogen and oxygen atoms in total. The molecule has 0 aromatic heterocycles. The molecule has 1 fully saturated rings. The van der Waals surface area contributed by atoms with Crippen LogP contribution in [0.2, 0.25) is 5.02 Å². The molecule has 0 spiro atoms. The molecule has 1 N–H and O–H groups in total. The lowest BCUT2D eigenvalue weighted by Gasteiger charge is -2.27. The van der Waals surface area contributed by atoms with Crippen molar-refractivity contribution in [3.8, 4) is 11.5 Å². The van der Waals surface area contributed by atoms with Crippen molar-refractivity contribution in [2.24, 2.45) is 0 Å². The summed E-state index contributed by atoms with van der Waals surface area (Å²) < 4.78 is 11.4. The summed E-state index contributed by atoms with van der Waals surface area (Å²) >= 11 is 9.55. The van der Waals surface area contributed by atoms with Crippen molar-refractivity contribution >= 4 is 57.1 Å². The molecule has 0 radical (unpaired) electrons. The third kappa shape index (κ3) is 4.06. The molecule has 0 aliphatic carbocycles. The van der Waals surface area contributed by atoms with Crippen LogP contribution in [0.5, 0.6) is 11.5 Å². The molecule has 2 aromatic carbocycles. The van der Waals surface area contributed by atoms with E-state index in [9.17, 15) is 14.4 Å². The molecular weight excluding hydrogens is 476 g/mol. The standard InChI is InChI=1S/C21H18BrClN2O5/c1-4-30-18-10-14(22)12(9-17(18)29-3)8-13-19(26)24-21(28)25(20(13)27)16-7-5-6-15(23)11(16)2/h5-10H,4H2,1-3H3,(H,24,26,28)/b13-8+. The Hall–Kier alpha value is -2.84. The number of urea groups is 1. The number of nitrogens with one attached hydrogen (secondary N) is 1. The summed E-state index contributed by atoms with van der Waals surface area (Å²) in [5, 5.41) is 2.60. The number of methoxy groups -OCH3 is 1. The number of amides is 4. The van der Waals surface area contributed by atoms with Crippen LogP contribution in [0.3, 0.4) is 0 Å². The molecule has 156 valence electrons. The van der Waals surface area contributed by atoms with Gasteiger partial charge >= 0.3 is 6.03 Å². The molecule has 0 atom stereocenters. The number of carbonyl (C=O) groups excluding carboxylic acids is 3. The molecule has 9 heteroatoms. The number of barbiturate groups is 1. The predicted octanol–water partition coefficient (Wildman–Crippen LogP) is 4.48. The highest BCUT2D eigenvalue weighted by Gasteiger charge is 2.37. The van der Waals surface area contributed by atoms with Crippen molar-refractivity contribution in [2.75, 3.05) is 18.6 Å². The fourth-order valence-corrected chi connectivity index (χ4v) is 3.57. The average molecular weight is 494 g/mol. The van der Waals surface area contributed by atoms with E-state index >= 15 is 0 Å². The molecule has 0 saturated carbocycles. The normalized spacial score (nSPS) is 15.4. The number of benzene rings is 2. The van der Waals surface area contributed by atoms with Gasteiger partial charge in [0.25, 0.3) is 11.8 Å². The summed E-state index contributed by atoms with van der Waals surface area (Å²) in [5.41, 5.74) is 1.14. The first-order valence-electron chi connectivity index (χ1n) is 8.95. The highest BCUT2D eigenvalue weighted by Crippen LogP contribution is 2.35. The maximum absolute atomic E-state index is 13.1. The Bertz CT molecular complexity index is 1080. The zero-order valence-electron chi connectivity index (χ0n) is 16.4. The van der Waals surface area contributed by atoms with E-state index in [1.54, 1.807) is 37.3 Å². The number of halogens is 2. The maximum atomic E-state index is 13.1. The van der Waals surface area contributed by atoms with Gasteiger partial charge in [0.05, 0.1) is 19.4 Å². The minimum Gasteiger partial charge on any atom is -0.493 e. The molecule has 2 aromatic rings. The zero-order chi connectivity index (χ0) is 22.0. The van der Waals surface area contributed by atoms with Crippen LogP contribution in [0.15, 0.2) is 40.4 Å². The number of nitrogens with zero attached hydrogens (tertiary/aromatic N) is 1. The van der Waals surface area contributed by atoms with Gasteiger partial charge in [-0.1, -0.05) is 33.6 Å². The highest BCUT2D eigenvalue weighted by atomic mass is 79.9. The molecule has 3 rings (SSSR count). The van der Waals surface area contributed by atoms with Gasteiger partial charge in [-0.15, -0.1) is 0 Å². The lowest BCUT2D eigenvalue weighted by molar-refractivity contribution is -0.122. The Balaban J connectivity index is 2.08. The molecule has 1 heterocycles. The maximum Gasteiger partial charge on any atom is 0.335 e. The number of hydrogen-bond acceptors (Lipinski definition) is 5. The largest absolute Gasteiger partial charge is 0.493 e. The summed E-state index contributed by atoms with van der Waals surface area (Å²) in [7, 11) is 1.49. The first kappa shape index (κ1) is 21.9. The van der Waals surface area contributed by atoms with E-state index in [4.69, 9.17) is 21.1 Å². The Morgan fingerprint density at radius 3 is 2.60 bits per heavy atom. The number of ether oxygens (including phenoxy) is 2. The number of imide groups is 2. The first-order valence-corrected chi connectivity index (χ1v) is 10.1. The van der Waals surface area contributed by atoms with Gasteiger partial charge in [0.15, 0.2) is 11.5 Å². The lowest BCUT2D eigenvalue weighted by Crippen LogP contribution is -2.54. The smallest absolute Gasteiger partial charge is 0.335 e. The monoisotopic (exact) mass is 492 g/mol. The van der Waals surface area contributed by atoms with E-state index in [2.05, 4.69) is 21.2 Å². The SMILES string of the molecule is CCOc1cc(Br)c(/C=C2\C(=O)NC(=O)N(c3cccc(Cl)c3C)C2=O)cc1OC. The fourth-order valence-electron chi connectivity index (χ4n) is 2.96.